The van der Waals surface area contributed by atoms with Crippen molar-refractivity contribution in [3.05, 3.63) is 83.4 Å². The standard InChI is InChI=1S/C39H45N5O11/c40-30(45)21-29(34(49)41-19-7-11-25-10-6-9-24-8-2-3-12-27(24)25)43-38(55)39(17-4-1-5-18-39)44-35(50)28(42-31(46)22-32(47)48)20-23-13-15-26(16-14-23)33(36(51)52)37(53)54/h2-3,6,8-10,12-16,28-29,33H,1,4-5,7,11,17-22H2,(H2,40,45)(H,41,49)(H,42,46)(H,43,55)(H,44,50)(H,47,48)(H,51,52)(H,53,54)/t28-,29-/m0/s1. The molecule has 3 aromatic rings. The first kappa shape index (κ1) is 41.4. The number of carboxylic acids is 3. The van der Waals surface area contributed by atoms with Crippen LogP contribution >= 0.6 is 0 Å². The van der Waals surface area contributed by atoms with E-state index in [2.05, 4.69) is 21.3 Å². The Kier molecular flexibility index (Phi) is 14.4. The first-order chi connectivity index (χ1) is 26.2. The molecule has 0 bridgehead atoms. The van der Waals surface area contributed by atoms with E-state index in [9.17, 15) is 48.6 Å². The zero-order valence-corrected chi connectivity index (χ0v) is 30.0. The molecule has 0 aliphatic heterocycles. The largest absolute Gasteiger partial charge is 0.481 e. The number of amides is 5. The summed E-state index contributed by atoms with van der Waals surface area (Å²) < 4.78 is 0. The van der Waals surface area contributed by atoms with Gasteiger partial charge in [0.1, 0.15) is 24.0 Å². The molecule has 2 atom stereocenters. The lowest BCUT2D eigenvalue weighted by atomic mass is 9.80. The summed E-state index contributed by atoms with van der Waals surface area (Å²) in [6.45, 7) is 0.237. The van der Waals surface area contributed by atoms with Crippen molar-refractivity contribution >= 4 is 58.2 Å². The molecule has 16 nitrogen and oxygen atoms in total. The van der Waals surface area contributed by atoms with Crippen LogP contribution in [0.3, 0.4) is 0 Å². The Labute approximate surface area is 316 Å². The fourth-order valence-electron chi connectivity index (χ4n) is 6.78. The van der Waals surface area contributed by atoms with E-state index in [4.69, 9.17) is 10.8 Å². The van der Waals surface area contributed by atoms with Gasteiger partial charge in [-0.15, -0.1) is 0 Å². The van der Waals surface area contributed by atoms with Crippen molar-refractivity contribution in [1.82, 2.24) is 21.3 Å². The van der Waals surface area contributed by atoms with Crippen LogP contribution in [0.1, 0.15) is 74.0 Å². The van der Waals surface area contributed by atoms with E-state index in [1.807, 2.05) is 42.5 Å². The maximum atomic E-state index is 14.0. The molecule has 55 heavy (non-hydrogen) atoms. The van der Waals surface area contributed by atoms with Gasteiger partial charge in [0, 0.05) is 13.0 Å². The number of carbonyl (C=O) groups excluding carboxylic acids is 5. The fraction of sp³-hybridized carbons (Fsp3) is 0.385. The molecule has 1 saturated carbocycles. The van der Waals surface area contributed by atoms with Crippen LogP contribution in [0.15, 0.2) is 66.7 Å². The zero-order valence-electron chi connectivity index (χ0n) is 30.0. The number of hydrogen-bond donors (Lipinski definition) is 8. The van der Waals surface area contributed by atoms with E-state index < -0.39 is 83.8 Å². The number of hydrogen-bond acceptors (Lipinski definition) is 8. The third kappa shape index (κ3) is 11.6. The molecular formula is C39H45N5O11. The highest BCUT2D eigenvalue weighted by Gasteiger charge is 2.43. The highest BCUT2D eigenvalue weighted by Crippen LogP contribution is 2.29. The lowest BCUT2D eigenvalue weighted by Gasteiger charge is -2.38. The zero-order chi connectivity index (χ0) is 40.1. The topological polar surface area (TPSA) is 271 Å². The molecule has 292 valence electrons. The molecule has 5 amide bonds. The van der Waals surface area contributed by atoms with Gasteiger partial charge in [0.25, 0.3) is 0 Å². The number of benzene rings is 3. The highest BCUT2D eigenvalue weighted by atomic mass is 16.4. The molecule has 0 saturated heterocycles. The van der Waals surface area contributed by atoms with Gasteiger partial charge in [-0.2, -0.15) is 0 Å². The maximum absolute atomic E-state index is 14.0. The van der Waals surface area contributed by atoms with E-state index in [0.717, 1.165) is 22.8 Å². The number of nitrogens with two attached hydrogens (primary N) is 1. The smallest absolute Gasteiger partial charge is 0.322 e. The Morgan fingerprint density at radius 3 is 2.04 bits per heavy atom. The second-order valence-electron chi connectivity index (χ2n) is 13.6. The number of fused-ring (bicyclic) bond motifs is 1. The van der Waals surface area contributed by atoms with Gasteiger partial charge in [-0.1, -0.05) is 86.0 Å². The highest BCUT2D eigenvalue weighted by molar-refractivity contribution is 6.00. The molecule has 0 spiro atoms. The predicted octanol–water partition coefficient (Wildman–Crippen LogP) is 1.52. The third-order valence-electron chi connectivity index (χ3n) is 9.54. The van der Waals surface area contributed by atoms with Crippen molar-refractivity contribution < 1.29 is 53.7 Å². The first-order valence-electron chi connectivity index (χ1n) is 17.9. The monoisotopic (exact) mass is 759 g/mol. The van der Waals surface area contributed by atoms with Crippen LogP contribution in [-0.4, -0.2) is 86.9 Å². The average molecular weight is 760 g/mol. The lowest BCUT2D eigenvalue weighted by molar-refractivity contribution is -0.150. The summed E-state index contributed by atoms with van der Waals surface area (Å²) in [6, 6.07) is 16.4. The minimum absolute atomic E-state index is 0.0446. The van der Waals surface area contributed by atoms with Gasteiger partial charge in [0.15, 0.2) is 5.92 Å². The van der Waals surface area contributed by atoms with Gasteiger partial charge in [-0.3, -0.25) is 38.4 Å². The van der Waals surface area contributed by atoms with Gasteiger partial charge >= 0.3 is 17.9 Å². The van der Waals surface area contributed by atoms with E-state index in [-0.39, 0.29) is 31.4 Å². The number of carbonyl (C=O) groups is 8. The number of rotatable bonds is 19. The van der Waals surface area contributed by atoms with E-state index in [1.165, 1.54) is 24.3 Å². The van der Waals surface area contributed by atoms with Crippen LogP contribution in [0.25, 0.3) is 10.8 Å². The van der Waals surface area contributed by atoms with E-state index in [1.54, 1.807) is 0 Å². The Morgan fingerprint density at radius 1 is 0.745 bits per heavy atom. The number of primary amides is 1. The van der Waals surface area contributed by atoms with Gasteiger partial charge < -0.3 is 42.3 Å². The van der Waals surface area contributed by atoms with Crippen molar-refractivity contribution in [2.24, 2.45) is 5.73 Å². The summed E-state index contributed by atoms with van der Waals surface area (Å²) in [5.41, 5.74) is 5.29. The van der Waals surface area contributed by atoms with Crippen LogP contribution in [-0.2, 0) is 51.2 Å². The van der Waals surface area contributed by atoms with Crippen molar-refractivity contribution in [2.45, 2.75) is 87.7 Å². The summed E-state index contributed by atoms with van der Waals surface area (Å²) in [4.78, 5) is 100. The first-order valence-corrected chi connectivity index (χ1v) is 17.9. The Morgan fingerprint density at radius 2 is 1.40 bits per heavy atom. The quantitative estimate of drug-likeness (QED) is 0.0641. The molecule has 1 aliphatic rings. The van der Waals surface area contributed by atoms with Crippen LogP contribution in [0, 0.1) is 0 Å². The van der Waals surface area contributed by atoms with Crippen molar-refractivity contribution in [1.29, 1.82) is 0 Å². The predicted molar refractivity (Wildman–Crippen MR) is 197 cm³/mol. The molecule has 1 fully saturated rings. The molecule has 16 heteroatoms. The molecule has 0 unspecified atom stereocenters. The molecular weight excluding hydrogens is 714 g/mol. The minimum Gasteiger partial charge on any atom is -0.481 e. The molecule has 0 radical (unpaired) electrons. The Bertz CT molecular complexity index is 1910. The summed E-state index contributed by atoms with van der Waals surface area (Å²) in [5, 5.41) is 40.5. The summed E-state index contributed by atoms with van der Waals surface area (Å²) in [5.74, 6) is -10.5. The average Bonchev–Trinajstić information content (AvgIpc) is 3.13. The molecule has 4 rings (SSSR count). The molecule has 0 heterocycles. The Hall–Kier alpha value is -6.32. The second kappa shape index (κ2) is 19.1. The van der Waals surface area contributed by atoms with Crippen LogP contribution in [0.4, 0.5) is 0 Å². The number of aryl methyl sites for hydroxylation is 1. The molecule has 3 aromatic carbocycles. The summed E-state index contributed by atoms with van der Waals surface area (Å²) in [6.07, 6.45) is 1.57. The SMILES string of the molecule is NC(=O)C[C@H](NC(=O)C1(NC(=O)[C@H](Cc2ccc(C(C(=O)O)C(=O)O)cc2)NC(=O)CC(=O)O)CCCCC1)C(=O)NCCCc1cccc2ccccc12. The minimum atomic E-state index is -1.84. The molecule has 9 N–H and O–H groups in total. The van der Waals surface area contributed by atoms with Crippen LogP contribution in [0.5, 0.6) is 0 Å². The number of carboxylic acid groups (broad SMARTS) is 3. The van der Waals surface area contributed by atoms with Gasteiger partial charge in [0.2, 0.25) is 29.5 Å². The van der Waals surface area contributed by atoms with Crippen molar-refractivity contribution in [2.75, 3.05) is 6.54 Å². The lowest BCUT2D eigenvalue weighted by Crippen LogP contribution is -2.65. The number of aliphatic carboxylic acids is 3. The van der Waals surface area contributed by atoms with Crippen LogP contribution in [0.2, 0.25) is 0 Å². The van der Waals surface area contributed by atoms with Crippen molar-refractivity contribution in [3.8, 4) is 0 Å². The molecule has 1 aliphatic carbocycles. The van der Waals surface area contributed by atoms with Crippen molar-refractivity contribution in [3.63, 3.8) is 0 Å². The van der Waals surface area contributed by atoms with Gasteiger partial charge in [0.05, 0.1) is 6.42 Å². The normalized spacial score (nSPS) is 14.6. The Balaban J connectivity index is 1.48. The summed E-state index contributed by atoms with van der Waals surface area (Å²) in [7, 11) is 0. The molecule has 0 aromatic heterocycles. The summed E-state index contributed by atoms with van der Waals surface area (Å²) >= 11 is 0. The van der Waals surface area contributed by atoms with Crippen LogP contribution < -0.4 is 27.0 Å². The van der Waals surface area contributed by atoms with E-state index in [0.29, 0.717) is 31.2 Å². The van der Waals surface area contributed by atoms with Gasteiger partial charge in [-0.25, -0.2) is 0 Å². The maximum Gasteiger partial charge on any atom is 0.322 e. The third-order valence-corrected chi connectivity index (χ3v) is 9.54. The van der Waals surface area contributed by atoms with Gasteiger partial charge in [-0.05, 0) is 53.1 Å². The fourth-order valence-corrected chi connectivity index (χ4v) is 6.78. The van der Waals surface area contributed by atoms with E-state index >= 15 is 0 Å². The number of nitrogens with one attached hydrogen (secondary N) is 4. The second-order valence-corrected chi connectivity index (χ2v) is 13.6.